The van der Waals surface area contributed by atoms with Gasteiger partial charge in [0.2, 0.25) is 0 Å². The maximum atomic E-state index is 11.6. The molecule has 0 saturated carbocycles. The zero-order valence-electron chi connectivity index (χ0n) is 10.4. The highest BCUT2D eigenvalue weighted by Crippen LogP contribution is 2.33. The van der Waals surface area contributed by atoms with E-state index in [-0.39, 0.29) is 5.91 Å². The number of nitrogens with two attached hydrogens (primary N) is 1. The van der Waals surface area contributed by atoms with Crippen LogP contribution in [0.5, 0.6) is 5.75 Å². The molecule has 1 amide bonds. The zero-order chi connectivity index (χ0) is 13.4. The second-order valence-corrected chi connectivity index (χ2v) is 5.33. The first-order valence-electron chi connectivity index (χ1n) is 5.93. The lowest BCUT2D eigenvalue weighted by Crippen LogP contribution is -2.29. The third-order valence-corrected chi connectivity index (χ3v) is 4.28. The van der Waals surface area contributed by atoms with Crippen LogP contribution in [0.25, 0.3) is 10.6 Å². The maximum absolute atomic E-state index is 11.6. The molecular formula is C13H13N3O2S. The molecule has 1 aliphatic heterocycles. The summed E-state index contributed by atoms with van der Waals surface area (Å²) in [4.78, 5) is 16.6. The molecule has 0 radical (unpaired) electrons. The largest absolute Gasteiger partial charge is 0.493 e. The average molecular weight is 275 g/mol. The van der Waals surface area contributed by atoms with Gasteiger partial charge in [-0.2, -0.15) is 0 Å². The number of hydrogen-bond acceptors (Lipinski definition) is 5. The summed E-state index contributed by atoms with van der Waals surface area (Å²) < 4.78 is 5.48. The molecule has 98 valence electrons. The van der Waals surface area contributed by atoms with Crippen molar-refractivity contribution in [2.45, 2.75) is 13.3 Å². The molecule has 19 heavy (non-hydrogen) atoms. The number of aromatic nitrogens is 1. The van der Waals surface area contributed by atoms with Crippen molar-refractivity contribution in [1.82, 2.24) is 10.4 Å². The quantitative estimate of drug-likeness (QED) is 0.496. The van der Waals surface area contributed by atoms with Crippen molar-refractivity contribution in [3.8, 4) is 16.3 Å². The molecule has 2 heterocycles. The zero-order valence-corrected chi connectivity index (χ0v) is 11.2. The molecule has 0 bridgehead atoms. The van der Waals surface area contributed by atoms with E-state index in [1.54, 1.807) is 6.92 Å². The Kier molecular flexibility index (Phi) is 2.96. The number of hydrogen-bond donors (Lipinski definition) is 2. The van der Waals surface area contributed by atoms with Crippen LogP contribution in [0.3, 0.4) is 0 Å². The van der Waals surface area contributed by atoms with E-state index in [9.17, 15) is 4.79 Å². The summed E-state index contributed by atoms with van der Waals surface area (Å²) in [6.07, 6.45) is 0.920. The fraction of sp³-hybridized carbons (Fsp3) is 0.231. The van der Waals surface area contributed by atoms with Gasteiger partial charge in [-0.3, -0.25) is 10.2 Å². The van der Waals surface area contributed by atoms with Crippen molar-refractivity contribution >= 4 is 17.2 Å². The highest BCUT2D eigenvalue weighted by molar-refractivity contribution is 7.17. The Balaban J connectivity index is 2.01. The predicted molar refractivity (Wildman–Crippen MR) is 73.1 cm³/mol. The Morgan fingerprint density at radius 1 is 1.53 bits per heavy atom. The number of carbonyl (C=O) groups is 1. The minimum absolute atomic E-state index is 0.300. The van der Waals surface area contributed by atoms with Gasteiger partial charge in [-0.15, -0.1) is 11.3 Å². The highest BCUT2D eigenvalue weighted by atomic mass is 32.1. The number of carbonyl (C=O) groups excluding carboxylic acids is 1. The number of thiazole rings is 1. The third-order valence-electron chi connectivity index (χ3n) is 3.07. The molecule has 0 aliphatic carbocycles. The van der Waals surface area contributed by atoms with Gasteiger partial charge in [0.15, 0.2) is 0 Å². The summed E-state index contributed by atoms with van der Waals surface area (Å²) in [5.41, 5.74) is 5.03. The second-order valence-electron chi connectivity index (χ2n) is 4.33. The van der Waals surface area contributed by atoms with E-state index < -0.39 is 0 Å². The number of ether oxygens (including phenoxy) is 1. The van der Waals surface area contributed by atoms with Crippen molar-refractivity contribution in [3.05, 3.63) is 34.3 Å². The normalized spacial score (nSPS) is 12.9. The summed E-state index contributed by atoms with van der Waals surface area (Å²) in [7, 11) is 0. The van der Waals surface area contributed by atoms with E-state index in [1.165, 1.54) is 16.9 Å². The van der Waals surface area contributed by atoms with E-state index in [2.05, 4.69) is 16.5 Å². The Labute approximate surface area is 114 Å². The van der Waals surface area contributed by atoms with Crippen LogP contribution in [0.15, 0.2) is 18.2 Å². The Morgan fingerprint density at radius 2 is 2.37 bits per heavy atom. The van der Waals surface area contributed by atoms with Crippen molar-refractivity contribution in [2.75, 3.05) is 6.61 Å². The lowest BCUT2D eigenvalue weighted by Gasteiger charge is -2.00. The van der Waals surface area contributed by atoms with E-state index >= 15 is 0 Å². The van der Waals surface area contributed by atoms with Crippen LogP contribution in [0.2, 0.25) is 0 Å². The van der Waals surface area contributed by atoms with Gasteiger partial charge in [-0.25, -0.2) is 10.8 Å². The first kappa shape index (κ1) is 12.1. The molecular weight excluding hydrogens is 262 g/mol. The molecule has 6 heteroatoms. The number of fused-ring (bicyclic) bond motifs is 1. The maximum Gasteiger partial charge on any atom is 0.277 e. The minimum atomic E-state index is -0.300. The molecule has 0 spiro atoms. The van der Waals surface area contributed by atoms with Crippen molar-refractivity contribution in [2.24, 2.45) is 5.84 Å². The molecule has 1 aromatic carbocycles. The monoisotopic (exact) mass is 275 g/mol. The number of rotatable bonds is 2. The first-order valence-corrected chi connectivity index (χ1v) is 6.75. The minimum Gasteiger partial charge on any atom is -0.493 e. The number of hydrazine groups is 1. The summed E-state index contributed by atoms with van der Waals surface area (Å²) >= 11 is 1.35. The summed E-state index contributed by atoms with van der Waals surface area (Å²) in [6, 6.07) is 5.99. The second kappa shape index (κ2) is 4.64. The smallest absolute Gasteiger partial charge is 0.277 e. The molecule has 1 aromatic heterocycles. The van der Waals surface area contributed by atoms with Gasteiger partial charge < -0.3 is 4.74 Å². The molecule has 3 rings (SSSR count). The number of benzene rings is 1. The molecule has 0 fully saturated rings. The number of nitrogens with one attached hydrogen (secondary N) is 1. The van der Waals surface area contributed by atoms with E-state index in [4.69, 9.17) is 10.6 Å². The first-order chi connectivity index (χ1) is 9.19. The van der Waals surface area contributed by atoms with Crippen LogP contribution < -0.4 is 16.0 Å². The Bertz CT molecular complexity index is 651. The molecule has 2 aromatic rings. The van der Waals surface area contributed by atoms with Gasteiger partial charge in [0.25, 0.3) is 5.91 Å². The predicted octanol–water partition coefficient (Wildman–Crippen LogP) is 1.66. The van der Waals surface area contributed by atoms with E-state index in [0.717, 1.165) is 29.3 Å². The molecule has 5 nitrogen and oxygen atoms in total. The van der Waals surface area contributed by atoms with Gasteiger partial charge in [0, 0.05) is 12.0 Å². The van der Waals surface area contributed by atoms with E-state index in [1.807, 2.05) is 12.1 Å². The van der Waals surface area contributed by atoms with Crippen LogP contribution in [0, 0.1) is 6.92 Å². The Hall–Kier alpha value is -1.92. The number of nitrogens with zero attached hydrogens (tertiary/aromatic N) is 1. The van der Waals surface area contributed by atoms with Crippen molar-refractivity contribution < 1.29 is 9.53 Å². The van der Waals surface area contributed by atoms with Crippen LogP contribution in [-0.4, -0.2) is 17.5 Å². The van der Waals surface area contributed by atoms with Crippen LogP contribution >= 0.6 is 11.3 Å². The van der Waals surface area contributed by atoms with Crippen LogP contribution in [-0.2, 0) is 6.42 Å². The number of amides is 1. The number of aryl methyl sites for hydroxylation is 1. The van der Waals surface area contributed by atoms with Gasteiger partial charge in [0.05, 0.1) is 12.3 Å². The summed E-state index contributed by atoms with van der Waals surface area (Å²) in [6.45, 7) is 2.54. The summed E-state index contributed by atoms with van der Waals surface area (Å²) in [5.74, 6) is 5.80. The SMILES string of the molecule is Cc1nc(-c2ccc3c(c2)CCO3)sc1C(=O)NN. The molecule has 0 saturated heterocycles. The lowest BCUT2D eigenvalue weighted by molar-refractivity contribution is 0.0957. The van der Waals surface area contributed by atoms with Gasteiger partial charge in [-0.05, 0) is 30.7 Å². The van der Waals surface area contributed by atoms with Crippen LogP contribution in [0.4, 0.5) is 0 Å². The molecule has 0 unspecified atom stereocenters. The Morgan fingerprint density at radius 3 is 3.16 bits per heavy atom. The standard InChI is InChI=1S/C13H13N3O2S/c1-7-11(12(17)16-14)19-13(15-7)9-2-3-10-8(6-9)4-5-18-10/h2-3,6H,4-5,14H2,1H3,(H,16,17). The highest BCUT2D eigenvalue weighted by Gasteiger charge is 2.17. The third kappa shape index (κ3) is 2.09. The average Bonchev–Trinajstić information content (AvgIpc) is 3.03. The fourth-order valence-electron chi connectivity index (χ4n) is 2.12. The fourth-order valence-corrected chi connectivity index (χ4v) is 3.08. The number of nitrogen functional groups attached to an aromatic ring is 1. The van der Waals surface area contributed by atoms with Gasteiger partial charge in [-0.1, -0.05) is 0 Å². The molecule has 3 N–H and O–H groups in total. The molecule has 1 aliphatic rings. The van der Waals surface area contributed by atoms with Crippen LogP contribution in [0.1, 0.15) is 20.9 Å². The van der Waals surface area contributed by atoms with Crippen molar-refractivity contribution in [3.63, 3.8) is 0 Å². The topological polar surface area (TPSA) is 77.2 Å². The van der Waals surface area contributed by atoms with E-state index in [0.29, 0.717) is 10.6 Å². The van der Waals surface area contributed by atoms with Crippen molar-refractivity contribution in [1.29, 1.82) is 0 Å². The molecule has 0 atom stereocenters. The van der Waals surface area contributed by atoms with Gasteiger partial charge >= 0.3 is 0 Å². The van der Waals surface area contributed by atoms with Gasteiger partial charge in [0.1, 0.15) is 15.6 Å². The lowest BCUT2D eigenvalue weighted by atomic mass is 10.1. The summed E-state index contributed by atoms with van der Waals surface area (Å²) in [5, 5.41) is 0.825.